The standard InChI is InChI=1S/3H2O4Se.2H3P/c3*1-5(2,3)4;;/h3*(H2,1,2,3,4);2*1H3. The van der Waals surface area contributed by atoms with E-state index in [9.17, 15) is 0 Å². The molecule has 0 aromatic rings. The molecule has 6 N–H and O–H groups in total. The van der Waals surface area contributed by atoms with Crippen molar-refractivity contribution >= 4 is 59.9 Å². The molecule has 0 aromatic carbocycles. The van der Waals surface area contributed by atoms with Crippen LogP contribution in [0.5, 0.6) is 0 Å². The third-order valence-corrected chi connectivity index (χ3v) is 0. The summed E-state index contributed by atoms with van der Waals surface area (Å²) >= 11 is -15.8. The van der Waals surface area contributed by atoms with E-state index in [0.29, 0.717) is 0 Å². The molecule has 17 heavy (non-hydrogen) atoms. The molecule has 0 bridgehead atoms. The Hall–Kier alpha value is 0.978. The van der Waals surface area contributed by atoms with E-state index in [1.807, 2.05) is 0 Å². The Balaban J connectivity index is -0.0000000400. The minimum Gasteiger partial charge on any atom is -0.153 e. The van der Waals surface area contributed by atoms with Crippen LogP contribution < -0.4 is 0 Å². The zero-order valence-corrected chi connectivity index (χ0v) is 15.7. The van der Waals surface area contributed by atoms with Crippen molar-refractivity contribution in [1.82, 2.24) is 0 Å². The van der Waals surface area contributed by atoms with Crippen molar-refractivity contribution in [3.05, 3.63) is 0 Å². The summed E-state index contributed by atoms with van der Waals surface area (Å²) in [5, 5.41) is 0. The normalized spacial score (nSPS) is 10.2. The van der Waals surface area contributed by atoms with Crippen LogP contribution in [-0.4, -0.2) is 65.2 Å². The molecule has 0 heterocycles. The zero-order valence-electron chi connectivity index (χ0n) is 7.77. The van der Waals surface area contributed by atoms with Crippen LogP contribution in [0.1, 0.15) is 0 Å². The quantitative estimate of drug-likeness (QED) is 0.135. The smallest absolute Gasteiger partial charge is 0.153 e. The first kappa shape index (κ1) is 30.8. The predicted octanol–water partition coefficient (Wildman–Crippen LogP) is -5.08. The van der Waals surface area contributed by atoms with Crippen LogP contribution in [0.15, 0.2) is 0 Å². The van der Waals surface area contributed by atoms with Crippen LogP contribution in [0.4, 0.5) is 0 Å². The van der Waals surface area contributed by atoms with Crippen LogP contribution in [0, 0.1) is 0 Å². The van der Waals surface area contributed by atoms with Crippen LogP contribution in [0.25, 0.3) is 0 Å². The van der Waals surface area contributed by atoms with Crippen molar-refractivity contribution in [2.24, 2.45) is 0 Å². The summed E-state index contributed by atoms with van der Waals surface area (Å²) in [6.07, 6.45) is 0. The largest absolute Gasteiger partial charge is 0.153 e. The second-order valence-electron chi connectivity index (χ2n) is 1.34. The van der Waals surface area contributed by atoms with Gasteiger partial charge in [-0.15, -0.1) is 0 Å². The maximum absolute atomic E-state index is 8.82. The molecular formula is H12O12P2Se3. The van der Waals surface area contributed by atoms with Crippen LogP contribution in [0.3, 0.4) is 0 Å². The Labute approximate surface area is 108 Å². The first-order chi connectivity index (χ1) is 6.00. The van der Waals surface area contributed by atoms with Gasteiger partial charge in [-0.05, 0) is 0 Å². The van der Waals surface area contributed by atoms with Crippen molar-refractivity contribution in [3.8, 4) is 0 Å². The topological polar surface area (TPSA) is 224 Å². The molecule has 2 unspecified atom stereocenters. The van der Waals surface area contributed by atoms with Gasteiger partial charge in [0.1, 0.15) is 0 Å². The maximum Gasteiger partial charge on any atom is -0.153 e. The van der Waals surface area contributed by atoms with Crippen LogP contribution >= 0.6 is 19.8 Å². The zero-order chi connectivity index (χ0) is 13.5. The summed E-state index contributed by atoms with van der Waals surface area (Å²) in [5.41, 5.74) is 0. The first-order valence-corrected chi connectivity index (χ1v) is 10.9. The fourth-order valence-electron chi connectivity index (χ4n) is 0. The fraction of sp³-hybridized carbons (Fsp3) is 0. The maximum atomic E-state index is 8.82. The second kappa shape index (κ2) is 12.0. The molecule has 0 saturated heterocycles. The van der Waals surface area contributed by atoms with Crippen molar-refractivity contribution in [1.29, 1.82) is 0 Å². The number of hydrogen-bond acceptors (Lipinski definition) is 6. The van der Waals surface area contributed by atoms with E-state index in [1.54, 1.807) is 0 Å². The molecule has 12 nitrogen and oxygen atoms in total. The summed E-state index contributed by atoms with van der Waals surface area (Å²) in [4.78, 5) is 0. The Morgan fingerprint density at radius 2 is 0.412 bits per heavy atom. The predicted molar refractivity (Wildman–Crippen MR) is 56.9 cm³/mol. The minimum atomic E-state index is -5.25. The Bertz CT molecular complexity index is 341. The van der Waals surface area contributed by atoms with E-state index in [0.717, 1.165) is 0 Å². The van der Waals surface area contributed by atoms with E-state index in [-0.39, 0.29) is 19.8 Å². The third kappa shape index (κ3) is 3980. The van der Waals surface area contributed by atoms with Gasteiger partial charge in [-0.2, -0.15) is 19.8 Å². The number of rotatable bonds is 0. The van der Waals surface area contributed by atoms with Crippen LogP contribution in [-0.2, 0) is 23.0 Å². The molecule has 0 aliphatic carbocycles. The van der Waals surface area contributed by atoms with Gasteiger partial charge < -0.3 is 0 Å². The molecule has 0 aromatic heterocycles. The SMILES string of the molecule is O=[Se](=O)(O)O.O=[Se](=O)(O)O.O=[Se](=O)(O)O.P.P. The van der Waals surface area contributed by atoms with Gasteiger partial charge in [-0.1, -0.05) is 0 Å². The summed E-state index contributed by atoms with van der Waals surface area (Å²) in [6.45, 7) is 0. The van der Waals surface area contributed by atoms with E-state index in [1.165, 1.54) is 0 Å². The van der Waals surface area contributed by atoms with Crippen molar-refractivity contribution in [3.63, 3.8) is 0 Å². The van der Waals surface area contributed by atoms with Crippen molar-refractivity contribution in [2.45, 2.75) is 0 Å². The second-order valence-corrected chi connectivity index (χ2v) is 6.98. The molecular weight excluding hydrogens is 491 g/mol. The molecule has 0 radical (unpaired) electrons. The molecule has 0 aliphatic rings. The van der Waals surface area contributed by atoms with Crippen molar-refractivity contribution in [2.75, 3.05) is 0 Å². The van der Waals surface area contributed by atoms with Gasteiger partial charge in [-0.3, -0.25) is 0 Å². The Kier molecular flexibility index (Phi) is 21.8. The molecule has 0 fully saturated rings. The van der Waals surface area contributed by atoms with E-state index >= 15 is 0 Å². The molecule has 2 atom stereocenters. The average Bonchev–Trinajstić information content (AvgIpc) is 1.41. The molecule has 112 valence electrons. The Morgan fingerprint density at radius 1 is 0.412 bits per heavy atom. The average molecular weight is 503 g/mol. The minimum absolute atomic E-state index is 0. The third-order valence-electron chi connectivity index (χ3n) is 0. The summed E-state index contributed by atoms with van der Waals surface area (Å²) in [6, 6.07) is 0. The van der Waals surface area contributed by atoms with Gasteiger partial charge in [-0.25, -0.2) is 0 Å². The van der Waals surface area contributed by atoms with Gasteiger partial charge in [0.2, 0.25) is 0 Å². The van der Waals surface area contributed by atoms with Gasteiger partial charge >= 0.3 is 88.2 Å². The van der Waals surface area contributed by atoms with Crippen LogP contribution in [0.2, 0.25) is 0 Å². The van der Waals surface area contributed by atoms with Gasteiger partial charge in [0, 0.05) is 0 Å². The summed E-state index contributed by atoms with van der Waals surface area (Å²) in [5.74, 6) is 0. The molecule has 0 amide bonds. The summed E-state index contributed by atoms with van der Waals surface area (Å²) < 4.78 is 95.6. The summed E-state index contributed by atoms with van der Waals surface area (Å²) in [7, 11) is 0. The monoisotopic (exact) mass is 506 g/mol. The van der Waals surface area contributed by atoms with E-state index in [4.69, 9.17) is 48.1 Å². The number of hydrogen-bond donors (Lipinski definition) is 6. The van der Waals surface area contributed by atoms with Crippen molar-refractivity contribution < 1.29 is 48.1 Å². The van der Waals surface area contributed by atoms with E-state index < -0.39 is 40.1 Å². The van der Waals surface area contributed by atoms with Gasteiger partial charge in [0.15, 0.2) is 0 Å². The first-order valence-electron chi connectivity index (χ1n) is 2.10. The van der Waals surface area contributed by atoms with E-state index in [2.05, 4.69) is 0 Å². The molecule has 0 spiro atoms. The van der Waals surface area contributed by atoms with Gasteiger partial charge in [0.25, 0.3) is 0 Å². The molecule has 0 aliphatic heterocycles. The molecule has 0 saturated carbocycles. The van der Waals surface area contributed by atoms with Gasteiger partial charge in [0.05, 0.1) is 0 Å². The fourth-order valence-corrected chi connectivity index (χ4v) is 0. The molecule has 17 heteroatoms. The Morgan fingerprint density at radius 3 is 0.412 bits per heavy atom. The molecule has 0 rings (SSSR count).